The largest absolute Gasteiger partial charge is 0.454 e. The van der Waals surface area contributed by atoms with Gasteiger partial charge in [0.15, 0.2) is 11.5 Å². The van der Waals surface area contributed by atoms with E-state index in [2.05, 4.69) is 5.10 Å². The van der Waals surface area contributed by atoms with Crippen LogP contribution in [0.5, 0.6) is 11.5 Å². The first kappa shape index (κ1) is 27.8. The molecule has 2 aliphatic rings. The fourth-order valence-electron chi connectivity index (χ4n) is 4.48. The zero-order chi connectivity index (χ0) is 29.3. The summed E-state index contributed by atoms with van der Waals surface area (Å²) in [6, 6.07) is 17.0. The number of hydrogen-bond donors (Lipinski definition) is 0. The normalized spacial score (nSPS) is 15.9. The third-order valence-electron chi connectivity index (χ3n) is 6.73. The highest BCUT2D eigenvalue weighted by Crippen LogP contribution is 2.37. The van der Waals surface area contributed by atoms with E-state index in [1.807, 2.05) is 36.6 Å². The summed E-state index contributed by atoms with van der Waals surface area (Å²) in [5.41, 5.74) is 3.28. The number of rotatable bonds is 7. The molecule has 0 bridgehead atoms. The molecule has 42 heavy (non-hydrogen) atoms. The predicted octanol–water partition coefficient (Wildman–Crippen LogP) is 4.30. The fourth-order valence-corrected chi connectivity index (χ4v) is 6.74. The van der Waals surface area contributed by atoms with E-state index in [0.717, 1.165) is 16.8 Å². The van der Waals surface area contributed by atoms with Crippen LogP contribution in [0.3, 0.4) is 0 Å². The molecule has 3 aromatic carbocycles. The van der Waals surface area contributed by atoms with Gasteiger partial charge >= 0.3 is 0 Å². The van der Waals surface area contributed by atoms with E-state index in [-0.39, 0.29) is 22.9 Å². The van der Waals surface area contributed by atoms with Crippen LogP contribution in [0, 0.1) is 17.0 Å². The Bertz CT molecular complexity index is 1840. The standard InChI is InChI=1S/C28H25N5O7S2/c1-19-2-4-20(5-3-19)25-17-41-28(30-22-6-8-23(9-7-22)42(36,37)31-10-12-38-13-11-31)32(25)29-16-21-14-26-27(40-18-39-26)15-24(21)33(34)35/h2-9,14-17H,10-13,18H2,1H3. The number of ether oxygens (including phenoxy) is 3. The van der Waals surface area contributed by atoms with Gasteiger partial charge in [-0.15, -0.1) is 11.3 Å². The SMILES string of the molecule is Cc1ccc(-c2csc(=Nc3ccc(S(=O)(=O)N4CCOCC4)cc3)n2N=Cc2cc3c(cc2[N+](=O)[O-])OCO3)cc1. The van der Waals surface area contributed by atoms with Gasteiger partial charge in [0.25, 0.3) is 5.69 Å². The molecule has 1 aromatic heterocycles. The lowest BCUT2D eigenvalue weighted by molar-refractivity contribution is -0.385. The molecule has 216 valence electrons. The van der Waals surface area contributed by atoms with E-state index in [0.29, 0.717) is 48.3 Å². The summed E-state index contributed by atoms with van der Waals surface area (Å²) in [7, 11) is -3.64. The molecule has 0 spiro atoms. The van der Waals surface area contributed by atoms with Crippen LogP contribution in [0.25, 0.3) is 11.3 Å². The van der Waals surface area contributed by atoms with E-state index in [1.54, 1.807) is 16.8 Å². The predicted molar refractivity (Wildman–Crippen MR) is 156 cm³/mol. The molecule has 0 N–H and O–H groups in total. The minimum atomic E-state index is -3.64. The van der Waals surface area contributed by atoms with E-state index >= 15 is 0 Å². The van der Waals surface area contributed by atoms with Crippen LogP contribution in [-0.2, 0) is 14.8 Å². The van der Waals surface area contributed by atoms with Crippen LogP contribution in [0.1, 0.15) is 11.1 Å². The lowest BCUT2D eigenvalue weighted by Crippen LogP contribution is -2.40. The van der Waals surface area contributed by atoms with Gasteiger partial charge in [-0.25, -0.2) is 18.1 Å². The Labute approximate surface area is 244 Å². The Hall–Kier alpha value is -4.37. The first-order valence-electron chi connectivity index (χ1n) is 12.9. The van der Waals surface area contributed by atoms with Crippen molar-refractivity contribution in [2.75, 3.05) is 33.1 Å². The number of hydrogen-bond acceptors (Lipinski definition) is 10. The van der Waals surface area contributed by atoms with Crippen LogP contribution in [0.2, 0.25) is 0 Å². The summed E-state index contributed by atoms with van der Waals surface area (Å²) in [4.78, 5) is 16.7. The van der Waals surface area contributed by atoms with Gasteiger partial charge in [-0.1, -0.05) is 29.8 Å². The van der Waals surface area contributed by atoms with Crippen molar-refractivity contribution in [1.29, 1.82) is 0 Å². The topological polar surface area (TPSA) is 138 Å². The Kier molecular flexibility index (Phi) is 7.60. The lowest BCUT2D eigenvalue weighted by Gasteiger charge is -2.26. The maximum absolute atomic E-state index is 13.0. The molecule has 6 rings (SSSR count). The zero-order valence-corrected chi connectivity index (χ0v) is 24.0. The number of morpholine rings is 1. The molecule has 0 atom stereocenters. The number of fused-ring (bicyclic) bond motifs is 1. The Morgan fingerprint density at radius 3 is 2.38 bits per heavy atom. The van der Waals surface area contributed by atoms with Crippen LogP contribution in [0.15, 0.2) is 81.0 Å². The van der Waals surface area contributed by atoms with Gasteiger partial charge in [-0.05, 0) is 37.3 Å². The molecule has 0 unspecified atom stereocenters. The summed E-state index contributed by atoms with van der Waals surface area (Å²) < 4.78 is 45.0. The summed E-state index contributed by atoms with van der Waals surface area (Å²) in [5.74, 6) is 0.699. The maximum Gasteiger partial charge on any atom is 0.282 e. The number of sulfonamides is 1. The molecule has 0 saturated carbocycles. The van der Waals surface area contributed by atoms with Crippen molar-refractivity contribution in [3.63, 3.8) is 0 Å². The fraction of sp³-hybridized carbons (Fsp3) is 0.214. The van der Waals surface area contributed by atoms with Crippen molar-refractivity contribution >= 4 is 38.9 Å². The summed E-state index contributed by atoms with van der Waals surface area (Å²) >= 11 is 1.33. The molecule has 2 aliphatic heterocycles. The highest BCUT2D eigenvalue weighted by Gasteiger charge is 2.26. The van der Waals surface area contributed by atoms with E-state index in [9.17, 15) is 18.5 Å². The first-order chi connectivity index (χ1) is 20.3. The van der Waals surface area contributed by atoms with Crippen molar-refractivity contribution in [2.45, 2.75) is 11.8 Å². The van der Waals surface area contributed by atoms with E-state index in [1.165, 1.54) is 46.1 Å². The molecule has 4 aromatic rings. The highest BCUT2D eigenvalue weighted by molar-refractivity contribution is 7.89. The van der Waals surface area contributed by atoms with E-state index < -0.39 is 14.9 Å². The Morgan fingerprint density at radius 1 is 1.00 bits per heavy atom. The third kappa shape index (κ3) is 5.56. The van der Waals surface area contributed by atoms with Gasteiger partial charge in [0.1, 0.15) is 0 Å². The van der Waals surface area contributed by atoms with Crippen LogP contribution in [0.4, 0.5) is 11.4 Å². The Balaban J connectivity index is 1.40. The lowest BCUT2D eigenvalue weighted by atomic mass is 10.1. The number of thiazole rings is 1. The number of nitro benzene ring substituents is 1. The molecular formula is C28H25N5O7S2. The minimum absolute atomic E-state index is 0.0144. The van der Waals surface area contributed by atoms with Gasteiger partial charge in [-0.2, -0.15) is 9.41 Å². The smallest absolute Gasteiger partial charge is 0.282 e. The van der Waals surface area contributed by atoms with Crippen LogP contribution in [-0.4, -0.2) is 61.6 Å². The number of aryl methyl sites for hydroxylation is 1. The number of benzene rings is 3. The van der Waals surface area contributed by atoms with Crippen molar-refractivity contribution in [3.8, 4) is 22.8 Å². The molecular weight excluding hydrogens is 582 g/mol. The Morgan fingerprint density at radius 2 is 1.69 bits per heavy atom. The molecule has 0 aliphatic carbocycles. The number of nitro groups is 1. The van der Waals surface area contributed by atoms with Crippen molar-refractivity contribution in [1.82, 2.24) is 8.98 Å². The second-order valence-electron chi connectivity index (χ2n) is 9.47. The average Bonchev–Trinajstić information content (AvgIpc) is 3.63. The van der Waals surface area contributed by atoms with Crippen molar-refractivity contribution < 1.29 is 27.6 Å². The third-order valence-corrected chi connectivity index (χ3v) is 9.46. The number of nitrogens with zero attached hydrogens (tertiary/aromatic N) is 5. The van der Waals surface area contributed by atoms with Gasteiger partial charge < -0.3 is 14.2 Å². The molecule has 3 heterocycles. The van der Waals surface area contributed by atoms with Crippen molar-refractivity contribution in [3.05, 3.63) is 92.1 Å². The van der Waals surface area contributed by atoms with Crippen molar-refractivity contribution in [2.24, 2.45) is 10.1 Å². The zero-order valence-electron chi connectivity index (χ0n) is 22.4. The highest BCUT2D eigenvalue weighted by atomic mass is 32.2. The molecule has 1 saturated heterocycles. The summed E-state index contributed by atoms with van der Waals surface area (Å²) in [6.45, 7) is 3.33. The number of aromatic nitrogens is 1. The van der Waals surface area contributed by atoms with Gasteiger partial charge in [0, 0.05) is 24.0 Å². The molecule has 12 nitrogen and oxygen atoms in total. The summed E-state index contributed by atoms with van der Waals surface area (Å²) in [5, 5.41) is 18.3. The monoisotopic (exact) mass is 607 g/mol. The first-order valence-corrected chi connectivity index (χ1v) is 15.2. The molecule has 14 heteroatoms. The molecule has 1 fully saturated rings. The second kappa shape index (κ2) is 11.5. The second-order valence-corrected chi connectivity index (χ2v) is 12.2. The molecule has 0 amide bonds. The quantitative estimate of drug-likeness (QED) is 0.174. The van der Waals surface area contributed by atoms with E-state index in [4.69, 9.17) is 19.2 Å². The maximum atomic E-state index is 13.0. The van der Waals surface area contributed by atoms with Gasteiger partial charge in [-0.3, -0.25) is 10.1 Å². The van der Waals surface area contributed by atoms with Gasteiger partial charge in [0.05, 0.1) is 52.3 Å². The minimum Gasteiger partial charge on any atom is -0.454 e. The summed E-state index contributed by atoms with van der Waals surface area (Å²) in [6.07, 6.45) is 1.39. The van der Waals surface area contributed by atoms with Crippen LogP contribution < -0.4 is 14.3 Å². The average molecular weight is 608 g/mol. The van der Waals surface area contributed by atoms with Gasteiger partial charge in [0.2, 0.25) is 21.6 Å². The van der Waals surface area contributed by atoms with Crippen LogP contribution >= 0.6 is 11.3 Å². The molecule has 0 radical (unpaired) electrons.